The van der Waals surface area contributed by atoms with E-state index in [0.29, 0.717) is 5.46 Å². The standard InChI is InChI=1S/C15H22BNO3/c1-14(2)15(3,4)20-16(19-14)12-8-11(7-10-5-6-10)9-17-13(12)18/h8-10H,5-7H2,1-4H3,(H,17,18). The van der Waals surface area contributed by atoms with Gasteiger partial charge < -0.3 is 14.3 Å². The number of hydrogen-bond donors (Lipinski definition) is 1. The molecule has 1 saturated carbocycles. The summed E-state index contributed by atoms with van der Waals surface area (Å²) in [6.07, 6.45) is 5.44. The van der Waals surface area contributed by atoms with Gasteiger partial charge in [0.1, 0.15) is 0 Å². The fraction of sp³-hybridized carbons (Fsp3) is 0.667. The summed E-state index contributed by atoms with van der Waals surface area (Å²) < 4.78 is 11.9. The molecule has 2 fully saturated rings. The molecular formula is C15H22BNO3. The molecule has 1 aromatic rings. The molecule has 2 aliphatic rings. The van der Waals surface area contributed by atoms with E-state index in [1.807, 2.05) is 40.0 Å². The summed E-state index contributed by atoms with van der Waals surface area (Å²) >= 11 is 0. The van der Waals surface area contributed by atoms with E-state index in [0.717, 1.165) is 17.9 Å². The fourth-order valence-corrected chi connectivity index (χ4v) is 2.47. The largest absolute Gasteiger partial charge is 0.500 e. The van der Waals surface area contributed by atoms with E-state index >= 15 is 0 Å². The van der Waals surface area contributed by atoms with Gasteiger partial charge >= 0.3 is 7.12 Å². The molecule has 1 N–H and O–H groups in total. The maximum atomic E-state index is 12.1. The predicted molar refractivity (Wildman–Crippen MR) is 79.2 cm³/mol. The van der Waals surface area contributed by atoms with Crippen LogP contribution in [0.4, 0.5) is 0 Å². The Kier molecular flexibility index (Phi) is 3.10. The molecule has 5 heteroatoms. The topological polar surface area (TPSA) is 51.3 Å². The first kappa shape index (κ1) is 13.9. The molecule has 0 atom stereocenters. The van der Waals surface area contributed by atoms with E-state index in [1.54, 1.807) is 0 Å². The molecular weight excluding hydrogens is 253 g/mol. The maximum absolute atomic E-state index is 12.1. The molecule has 2 heterocycles. The lowest BCUT2D eigenvalue weighted by molar-refractivity contribution is 0.00578. The summed E-state index contributed by atoms with van der Waals surface area (Å²) in [5, 5.41) is 0. The Morgan fingerprint density at radius 2 is 1.85 bits per heavy atom. The zero-order chi connectivity index (χ0) is 14.5. The second-order valence-electron chi connectivity index (χ2n) is 7.03. The van der Waals surface area contributed by atoms with Crippen LogP contribution >= 0.6 is 0 Å². The van der Waals surface area contributed by atoms with E-state index in [-0.39, 0.29) is 5.56 Å². The van der Waals surface area contributed by atoms with E-state index in [9.17, 15) is 4.79 Å². The SMILES string of the molecule is CC1(C)OB(c2cc(CC3CC3)c[nH]c2=O)OC1(C)C. The molecule has 0 spiro atoms. The number of rotatable bonds is 3. The number of aromatic amines is 1. The number of pyridine rings is 1. The van der Waals surface area contributed by atoms with Crippen molar-refractivity contribution in [1.82, 2.24) is 4.98 Å². The van der Waals surface area contributed by atoms with Crippen LogP contribution in [-0.4, -0.2) is 23.3 Å². The molecule has 1 aliphatic carbocycles. The third-order valence-electron chi connectivity index (χ3n) is 4.72. The fourth-order valence-electron chi connectivity index (χ4n) is 2.47. The van der Waals surface area contributed by atoms with Crippen LogP contribution in [0.3, 0.4) is 0 Å². The van der Waals surface area contributed by atoms with Gasteiger partial charge in [-0.3, -0.25) is 4.79 Å². The Morgan fingerprint density at radius 1 is 1.25 bits per heavy atom. The Hall–Kier alpha value is -1.07. The summed E-state index contributed by atoms with van der Waals surface area (Å²) in [6.45, 7) is 7.98. The van der Waals surface area contributed by atoms with Gasteiger partial charge in [0.05, 0.1) is 11.2 Å². The second kappa shape index (κ2) is 4.47. The van der Waals surface area contributed by atoms with Crippen molar-refractivity contribution in [1.29, 1.82) is 0 Å². The minimum atomic E-state index is -0.581. The molecule has 1 saturated heterocycles. The molecule has 20 heavy (non-hydrogen) atoms. The van der Waals surface area contributed by atoms with Crippen LogP contribution in [0.25, 0.3) is 0 Å². The quantitative estimate of drug-likeness (QED) is 0.853. The van der Waals surface area contributed by atoms with Crippen LogP contribution in [0.15, 0.2) is 17.1 Å². The molecule has 3 rings (SSSR count). The summed E-state index contributed by atoms with van der Waals surface area (Å²) in [5.74, 6) is 0.784. The molecule has 0 aromatic carbocycles. The molecule has 0 bridgehead atoms. The minimum absolute atomic E-state index is 0.122. The van der Waals surface area contributed by atoms with Crippen molar-refractivity contribution in [2.45, 2.75) is 58.2 Å². The number of aromatic nitrogens is 1. The highest BCUT2D eigenvalue weighted by Crippen LogP contribution is 2.36. The zero-order valence-electron chi connectivity index (χ0n) is 12.7. The molecule has 108 valence electrons. The lowest BCUT2D eigenvalue weighted by Gasteiger charge is -2.32. The van der Waals surface area contributed by atoms with E-state index in [1.165, 1.54) is 12.8 Å². The van der Waals surface area contributed by atoms with Crippen LogP contribution in [-0.2, 0) is 15.7 Å². The Labute approximate surface area is 120 Å². The average Bonchev–Trinajstić information content (AvgIpc) is 3.10. The third-order valence-corrected chi connectivity index (χ3v) is 4.72. The van der Waals surface area contributed by atoms with Crippen molar-refractivity contribution in [2.24, 2.45) is 5.92 Å². The van der Waals surface area contributed by atoms with Gasteiger partial charge in [0, 0.05) is 11.7 Å². The summed E-state index contributed by atoms with van der Waals surface area (Å²) in [5.41, 5.74) is 0.786. The van der Waals surface area contributed by atoms with Gasteiger partial charge in [-0.15, -0.1) is 0 Å². The van der Waals surface area contributed by atoms with E-state index in [2.05, 4.69) is 4.98 Å². The van der Waals surface area contributed by atoms with E-state index < -0.39 is 18.3 Å². The van der Waals surface area contributed by atoms with Gasteiger partial charge in [-0.25, -0.2) is 0 Å². The van der Waals surface area contributed by atoms with Crippen LogP contribution in [0.2, 0.25) is 0 Å². The van der Waals surface area contributed by atoms with Gasteiger partial charge in [0.2, 0.25) is 5.56 Å². The Balaban J connectivity index is 1.88. The van der Waals surface area contributed by atoms with Gasteiger partial charge in [0.25, 0.3) is 0 Å². The third kappa shape index (κ3) is 2.45. The minimum Gasteiger partial charge on any atom is -0.399 e. The molecule has 0 amide bonds. The lowest BCUT2D eigenvalue weighted by atomic mass is 9.79. The van der Waals surface area contributed by atoms with Crippen LogP contribution in [0, 0.1) is 5.92 Å². The van der Waals surface area contributed by atoms with Crippen molar-refractivity contribution in [3.05, 3.63) is 28.2 Å². The van der Waals surface area contributed by atoms with Crippen molar-refractivity contribution in [2.75, 3.05) is 0 Å². The smallest absolute Gasteiger partial charge is 0.399 e. The second-order valence-corrected chi connectivity index (χ2v) is 7.03. The number of nitrogens with one attached hydrogen (secondary N) is 1. The first-order valence-electron chi connectivity index (χ1n) is 7.36. The van der Waals surface area contributed by atoms with Crippen molar-refractivity contribution < 1.29 is 9.31 Å². The number of hydrogen-bond acceptors (Lipinski definition) is 3. The zero-order valence-corrected chi connectivity index (χ0v) is 12.7. The van der Waals surface area contributed by atoms with Gasteiger partial charge in [-0.1, -0.05) is 6.07 Å². The van der Waals surface area contributed by atoms with Crippen molar-refractivity contribution in [3.63, 3.8) is 0 Å². The summed E-state index contributed by atoms with van der Waals surface area (Å²) in [7, 11) is -0.581. The average molecular weight is 275 g/mol. The molecule has 4 nitrogen and oxygen atoms in total. The number of H-pyrrole nitrogens is 1. The summed E-state index contributed by atoms with van der Waals surface area (Å²) in [6, 6.07) is 1.94. The molecule has 1 aliphatic heterocycles. The van der Waals surface area contributed by atoms with Gasteiger partial charge in [0.15, 0.2) is 0 Å². The highest BCUT2D eigenvalue weighted by atomic mass is 16.7. The van der Waals surface area contributed by atoms with Gasteiger partial charge in [-0.05, 0) is 58.4 Å². The maximum Gasteiger partial charge on any atom is 0.500 e. The Morgan fingerprint density at radius 3 is 2.40 bits per heavy atom. The summed E-state index contributed by atoms with van der Waals surface area (Å²) in [4.78, 5) is 14.9. The van der Waals surface area contributed by atoms with Gasteiger partial charge in [-0.2, -0.15) is 0 Å². The molecule has 1 aromatic heterocycles. The first-order valence-corrected chi connectivity index (χ1v) is 7.36. The Bertz CT molecular complexity index is 559. The van der Waals surface area contributed by atoms with Crippen LogP contribution in [0.5, 0.6) is 0 Å². The first-order chi connectivity index (χ1) is 9.28. The highest BCUT2D eigenvalue weighted by molar-refractivity contribution is 6.61. The highest BCUT2D eigenvalue weighted by Gasteiger charge is 2.52. The predicted octanol–water partition coefficient (Wildman–Crippen LogP) is 1.63. The monoisotopic (exact) mass is 275 g/mol. The van der Waals surface area contributed by atoms with Crippen LogP contribution in [0.1, 0.15) is 46.1 Å². The van der Waals surface area contributed by atoms with E-state index in [4.69, 9.17) is 9.31 Å². The van der Waals surface area contributed by atoms with Crippen molar-refractivity contribution in [3.8, 4) is 0 Å². The van der Waals surface area contributed by atoms with Crippen molar-refractivity contribution >= 4 is 12.6 Å². The normalized spacial score (nSPS) is 24.1. The molecule has 0 unspecified atom stereocenters. The lowest BCUT2D eigenvalue weighted by Crippen LogP contribution is -2.45. The molecule has 0 radical (unpaired) electrons. The van der Waals surface area contributed by atoms with Crippen LogP contribution < -0.4 is 11.0 Å².